The molecule has 0 rings (SSSR count). The van der Waals surface area contributed by atoms with E-state index in [1.54, 1.807) is 0 Å². The number of ether oxygens (including phenoxy) is 2. The van der Waals surface area contributed by atoms with Crippen LogP contribution in [0.15, 0.2) is 0 Å². The second-order valence-electron chi connectivity index (χ2n) is 10.5. The van der Waals surface area contributed by atoms with Crippen molar-refractivity contribution in [3.8, 4) is 0 Å². The standard InChI is InChI=1S/2C16H30O3/c2*1-3-4-5-6-7-8-9-10-11-12-16(18)19-14-13-15(2)17/h2*3-14H2,1-2H3. The Kier molecular flexibility index (Phi) is 31.9. The SMILES string of the molecule is CCCCCCCCCCCC(=O)OCCC(C)=O.CCCCCCCCCCCC(=O)OCCC(C)=O. The summed E-state index contributed by atoms with van der Waals surface area (Å²) in [5.74, 6) is -0.194. The Hall–Kier alpha value is -1.72. The smallest absolute Gasteiger partial charge is 0.305 e. The Morgan fingerprint density at radius 2 is 0.658 bits per heavy atom. The maximum Gasteiger partial charge on any atom is 0.305 e. The number of carbonyl (C=O) groups excluding carboxylic acids is 4. The summed E-state index contributed by atoms with van der Waals surface area (Å²) in [4.78, 5) is 43.9. The molecular weight excluding hydrogens is 480 g/mol. The van der Waals surface area contributed by atoms with E-state index in [2.05, 4.69) is 13.8 Å². The van der Waals surface area contributed by atoms with Crippen molar-refractivity contribution in [3.05, 3.63) is 0 Å². The van der Waals surface area contributed by atoms with Crippen LogP contribution in [-0.4, -0.2) is 36.7 Å². The van der Waals surface area contributed by atoms with Gasteiger partial charge >= 0.3 is 11.9 Å². The van der Waals surface area contributed by atoms with Gasteiger partial charge in [-0.2, -0.15) is 0 Å². The first-order valence-corrected chi connectivity index (χ1v) is 15.6. The molecule has 0 fully saturated rings. The lowest BCUT2D eigenvalue weighted by Crippen LogP contribution is -2.07. The average Bonchev–Trinajstić information content (AvgIpc) is 2.86. The first-order chi connectivity index (χ1) is 18.3. The van der Waals surface area contributed by atoms with Gasteiger partial charge in [0.15, 0.2) is 0 Å². The van der Waals surface area contributed by atoms with Crippen molar-refractivity contribution in [2.75, 3.05) is 13.2 Å². The fourth-order valence-electron chi connectivity index (χ4n) is 3.92. The molecule has 0 aliphatic rings. The van der Waals surface area contributed by atoms with Gasteiger partial charge in [0, 0.05) is 25.7 Å². The Bertz CT molecular complexity index is 522. The maximum absolute atomic E-state index is 11.3. The second-order valence-corrected chi connectivity index (χ2v) is 10.5. The number of ketones is 2. The van der Waals surface area contributed by atoms with Crippen molar-refractivity contribution >= 4 is 23.5 Å². The minimum absolute atomic E-state index is 0.0656. The van der Waals surface area contributed by atoms with Crippen molar-refractivity contribution < 1.29 is 28.7 Å². The largest absolute Gasteiger partial charge is 0.465 e. The van der Waals surface area contributed by atoms with E-state index in [0.29, 0.717) is 25.7 Å². The number of rotatable bonds is 26. The average molecular weight is 541 g/mol. The molecule has 0 aromatic carbocycles. The fourth-order valence-corrected chi connectivity index (χ4v) is 3.92. The molecule has 0 saturated carbocycles. The van der Waals surface area contributed by atoms with Gasteiger partial charge in [-0.25, -0.2) is 0 Å². The van der Waals surface area contributed by atoms with Crippen LogP contribution in [0.1, 0.15) is 169 Å². The molecule has 224 valence electrons. The van der Waals surface area contributed by atoms with E-state index in [1.807, 2.05) is 0 Å². The zero-order valence-electron chi connectivity index (χ0n) is 25.4. The van der Waals surface area contributed by atoms with Gasteiger partial charge < -0.3 is 9.47 Å². The van der Waals surface area contributed by atoms with Crippen molar-refractivity contribution in [3.63, 3.8) is 0 Å². The van der Waals surface area contributed by atoms with E-state index in [4.69, 9.17) is 9.47 Å². The summed E-state index contributed by atoms with van der Waals surface area (Å²) in [7, 11) is 0. The van der Waals surface area contributed by atoms with Crippen LogP contribution in [0.2, 0.25) is 0 Å². The Morgan fingerprint density at radius 1 is 0.395 bits per heavy atom. The fraction of sp³-hybridized carbons (Fsp3) is 0.875. The molecule has 0 aliphatic heterocycles. The summed E-state index contributed by atoms with van der Waals surface area (Å²) in [5.41, 5.74) is 0. The highest BCUT2D eigenvalue weighted by molar-refractivity contribution is 5.76. The molecule has 0 saturated heterocycles. The van der Waals surface area contributed by atoms with E-state index < -0.39 is 0 Å². The molecule has 0 spiro atoms. The molecular formula is C32H60O6. The summed E-state index contributed by atoms with van der Waals surface area (Å²) >= 11 is 0. The molecule has 0 aromatic rings. The number of hydrogen-bond donors (Lipinski definition) is 0. The quantitative estimate of drug-likeness (QED) is 0.0804. The first-order valence-electron chi connectivity index (χ1n) is 15.6. The van der Waals surface area contributed by atoms with Gasteiger partial charge in [-0.1, -0.05) is 117 Å². The lowest BCUT2D eigenvalue weighted by Gasteiger charge is -2.04. The van der Waals surface area contributed by atoms with Gasteiger partial charge in [-0.3, -0.25) is 19.2 Å². The molecule has 6 nitrogen and oxygen atoms in total. The Labute approximate surface area is 234 Å². The zero-order chi connectivity index (χ0) is 28.7. The molecule has 6 heteroatoms. The monoisotopic (exact) mass is 540 g/mol. The molecule has 0 amide bonds. The minimum atomic E-state index is -0.163. The van der Waals surface area contributed by atoms with Crippen LogP contribution >= 0.6 is 0 Å². The van der Waals surface area contributed by atoms with Crippen molar-refractivity contribution in [2.45, 2.75) is 169 Å². The lowest BCUT2D eigenvalue weighted by molar-refractivity contribution is -0.145. The van der Waals surface area contributed by atoms with Crippen LogP contribution in [0.5, 0.6) is 0 Å². The van der Waals surface area contributed by atoms with Gasteiger partial charge in [0.25, 0.3) is 0 Å². The van der Waals surface area contributed by atoms with Crippen LogP contribution in [0.3, 0.4) is 0 Å². The molecule has 0 unspecified atom stereocenters. The molecule has 0 heterocycles. The van der Waals surface area contributed by atoms with Gasteiger partial charge in [0.05, 0.1) is 13.2 Å². The highest BCUT2D eigenvalue weighted by Gasteiger charge is 2.04. The van der Waals surface area contributed by atoms with Crippen molar-refractivity contribution in [1.29, 1.82) is 0 Å². The summed E-state index contributed by atoms with van der Waals surface area (Å²) < 4.78 is 9.93. The minimum Gasteiger partial charge on any atom is -0.465 e. The van der Waals surface area contributed by atoms with Crippen molar-refractivity contribution in [1.82, 2.24) is 0 Å². The second kappa shape index (κ2) is 31.5. The van der Waals surface area contributed by atoms with Crippen LogP contribution in [-0.2, 0) is 28.7 Å². The topological polar surface area (TPSA) is 86.7 Å². The van der Waals surface area contributed by atoms with Gasteiger partial charge in [-0.05, 0) is 26.7 Å². The van der Waals surface area contributed by atoms with Gasteiger partial charge in [0.2, 0.25) is 0 Å². The Morgan fingerprint density at radius 3 is 0.921 bits per heavy atom. The molecule has 0 atom stereocenters. The molecule has 38 heavy (non-hydrogen) atoms. The predicted molar refractivity (Wildman–Crippen MR) is 156 cm³/mol. The molecule has 0 bridgehead atoms. The van der Waals surface area contributed by atoms with E-state index in [9.17, 15) is 19.2 Å². The van der Waals surface area contributed by atoms with Crippen LogP contribution in [0.4, 0.5) is 0 Å². The number of hydrogen-bond acceptors (Lipinski definition) is 6. The highest BCUT2D eigenvalue weighted by Crippen LogP contribution is 2.12. The maximum atomic E-state index is 11.3. The van der Waals surface area contributed by atoms with Gasteiger partial charge in [-0.15, -0.1) is 0 Å². The third-order valence-electron chi connectivity index (χ3n) is 6.40. The summed E-state index contributed by atoms with van der Waals surface area (Å²) in [6.07, 6.45) is 24.1. The number of unbranched alkanes of at least 4 members (excludes halogenated alkanes) is 16. The third kappa shape index (κ3) is 36.4. The van der Waals surface area contributed by atoms with Crippen LogP contribution in [0, 0.1) is 0 Å². The summed E-state index contributed by atoms with van der Waals surface area (Å²) in [6, 6.07) is 0. The Balaban J connectivity index is 0. The molecule has 0 aromatic heterocycles. The summed E-state index contributed by atoms with van der Waals surface area (Å²) in [5, 5.41) is 0. The third-order valence-corrected chi connectivity index (χ3v) is 6.40. The molecule has 0 aliphatic carbocycles. The number of Topliss-reactive ketones (excluding diaryl/α,β-unsaturated/α-hetero) is 2. The predicted octanol–water partition coefficient (Wildman–Crippen LogP) is 8.86. The molecule has 0 N–H and O–H groups in total. The summed E-state index contributed by atoms with van der Waals surface area (Å²) in [6.45, 7) is 7.96. The highest BCUT2D eigenvalue weighted by atomic mass is 16.5. The van der Waals surface area contributed by atoms with Gasteiger partial charge in [0.1, 0.15) is 11.6 Å². The number of carbonyl (C=O) groups is 4. The van der Waals surface area contributed by atoms with E-state index >= 15 is 0 Å². The van der Waals surface area contributed by atoms with E-state index in [0.717, 1.165) is 25.7 Å². The first kappa shape index (κ1) is 38.4. The normalized spacial score (nSPS) is 10.4. The van der Waals surface area contributed by atoms with Crippen molar-refractivity contribution in [2.24, 2.45) is 0 Å². The van der Waals surface area contributed by atoms with E-state index in [1.165, 1.54) is 104 Å². The molecule has 0 radical (unpaired) electrons. The lowest BCUT2D eigenvalue weighted by atomic mass is 10.1. The zero-order valence-corrected chi connectivity index (χ0v) is 25.4. The number of esters is 2. The van der Waals surface area contributed by atoms with E-state index in [-0.39, 0.29) is 36.7 Å². The van der Waals surface area contributed by atoms with Crippen LogP contribution in [0.25, 0.3) is 0 Å². The van der Waals surface area contributed by atoms with Crippen LogP contribution < -0.4 is 0 Å².